The van der Waals surface area contributed by atoms with Crippen molar-refractivity contribution in [1.29, 1.82) is 0 Å². The van der Waals surface area contributed by atoms with Crippen molar-refractivity contribution in [2.45, 2.75) is 19.8 Å². The zero-order chi connectivity index (χ0) is 13.1. The summed E-state index contributed by atoms with van der Waals surface area (Å²) in [6.45, 7) is 1.80. The fraction of sp³-hybridized carbons (Fsp3) is 0.267. The fourth-order valence-corrected chi connectivity index (χ4v) is 2.12. The summed E-state index contributed by atoms with van der Waals surface area (Å²) in [4.78, 5) is 10.9. The molecule has 2 rings (SSSR count). The van der Waals surface area contributed by atoms with Crippen molar-refractivity contribution >= 4 is 16.7 Å². The van der Waals surface area contributed by atoms with Crippen LogP contribution in [0.2, 0.25) is 0 Å². The van der Waals surface area contributed by atoms with Crippen molar-refractivity contribution in [1.82, 2.24) is 0 Å². The average molecular weight is 243 g/mol. The molecule has 0 aliphatic rings. The van der Waals surface area contributed by atoms with Crippen molar-refractivity contribution in [3.8, 4) is 5.75 Å². The number of carbonyl (C=O) groups is 1. The van der Waals surface area contributed by atoms with Gasteiger partial charge in [0.2, 0.25) is 0 Å². The highest BCUT2D eigenvalue weighted by Gasteiger charge is 2.13. The van der Waals surface area contributed by atoms with Gasteiger partial charge in [0.15, 0.2) is 0 Å². The Hall–Kier alpha value is -2.03. The molecule has 2 aromatic rings. The van der Waals surface area contributed by atoms with E-state index in [0.29, 0.717) is 18.4 Å². The molecular weight excluding hydrogens is 228 g/mol. The lowest BCUT2D eigenvalue weighted by Gasteiger charge is -2.17. The molecule has 0 aliphatic heterocycles. The molecule has 1 unspecified atom stereocenters. The molecule has 0 fully saturated rings. The van der Waals surface area contributed by atoms with Crippen LogP contribution in [0.1, 0.15) is 18.9 Å². The number of carboxylic acid groups (broad SMARTS) is 1. The molecule has 94 valence electrons. The molecule has 2 aromatic carbocycles. The van der Waals surface area contributed by atoms with Gasteiger partial charge >= 0.3 is 0 Å². The van der Waals surface area contributed by atoms with E-state index in [4.69, 9.17) is 0 Å². The molecule has 0 aromatic heterocycles. The van der Waals surface area contributed by atoms with Crippen LogP contribution in [0.3, 0.4) is 0 Å². The standard InChI is InChI=1S/C15H16O3/c1-2-10(15(17)18)9-12-8-7-11-5-3-4-6-13(11)14(12)16/h3-8,10,16H,2,9H2,1H3,(H,17,18)/p-1. The van der Waals surface area contributed by atoms with Gasteiger partial charge in [0.05, 0.1) is 0 Å². The first-order valence-electron chi connectivity index (χ1n) is 6.04. The average Bonchev–Trinajstić information content (AvgIpc) is 2.38. The van der Waals surface area contributed by atoms with Crippen LogP contribution in [0, 0.1) is 5.92 Å². The van der Waals surface area contributed by atoms with E-state index >= 15 is 0 Å². The maximum atomic E-state index is 10.9. The number of hydrogen-bond acceptors (Lipinski definition) is 3. The summed E-state index contributed by atoms with van der Waals surface area (Å²) < 4.78 is 0. The Bertz CT molecular complexity index is 575. The summed E-state index contributed by atoms with van der Waals surface area (Å²) in [5, 5.41) is 22.8. The largest absolute Gasteiger partial charge is 0.550 e. The van der Waals surface area contributed by atoms with Gasteiger partial charge in [-0.25, -0.2) is 0 Å². The molecule has 0 amide bonds. The van der Waals surface area contributed by atoms with Gasteiger partial charge in [-0.1, -0.05) is 43.3 Å². The number of rotatable bonds is 4. The minimum absolute atomic E-state index is 0.174. The van der Waals surface area contributed by atoms with Gasteiger partial charge in [0.25, 0.3) is 0 Å². The molecule has 0 aliphatic carbocycles. The summed E-state index contributed by atoms with van der Waals surface area (Å²) in [6, 6.07) is 11.2. The highest BCUT2D eigenvalue weighted by atomic mass is 16.4. The lowest BCUT2D eigenvalue weighted by Crippen LogP contribution is -2.32. The fourth-order valence-electron chi connectivity index (χ4n) is 2.12. The number of aliphatic carboxylic acids is 1. The first-order valence-corrected chi connectivity index (χ1v) is 6.04. The minimum atomic E-state index is -1.06. The lowest BCUT2D eigenvalue weighted by molar-refractivity contribution is -0.311. The Morgan fingerprint density at radius 3 is 2.67 bits per heavy atom. The van der Waals surface area contributed by atoms with Crippen molar-refractivity contribution < 1.29 is 15.0 Å². The topological polar surface area (TPSA) is 60.4 Å². The Balaban J connectivity index is 2.40. The molecule has 3 heteroatoms. The monoisotopic (exact) mass is 243 g/mol. The van der Waals surface area contributed by atoms with E-state index in [9.17, 15) is 15.0 Å². The van der Waals surface area contributed by atoms with E-state index < -0.39 is 11.9 Å². The first-order chi connectivity index (χ1) is 8.63. The van der Waals surface area contributed by atoms with Gasteiger partial charge in [0.1, 0.15) is 5.75 Å². The third-order valence-corrected chi connectivity index (χ3v) is 3.28. The molecule has 3 nitrogen and oxygen atoms in total. The maximum Gasteiger partial charge on any atom is 0.126 e. The van der Waals surface area contributed by atoms with E-state index in [1.54, 1.807) is 13.0 Å². The number of phenols is 1. The Morgan fingerprint density at radius 2 is 2.00 bits per heavy atom. The Morgan fingerprint density at radius 1 is 1.28 bits per heavy atom. The predicted molar refractivity (Wildman–Crippen MR) is 68.1 cm³/mol. The van der Waals surface area contributed by atoms with Crippen molar-refractivity contribution in [2.24, 2.45) is 5.92 Å². The zero-order valence-corrected chi connectivity index (χ0v) is 10.2. The second-order valence-electron chi connectivity index (χ2n) is 4.42. The van der Waals surface area contributed by atoms with Gasteiger partial charge in [-0.3, -0.25) is 0 Å². The Kier molecular flexibility index (Phi) is 3.51. The summed E-state index contributed by atoms with van der Waals surface area (Å²) in [5.74, 6) is -1.45. The van der Waals surface area contributed by atoms with Crippen LogP contribution in [-0.2, 0) is 11.2 Å². The summed E-state index contributed by atoms with van der Waals surface area (Å²) >= 11 is 0. The van der Waals surface area contributed by atoms with E-state index in [2.05, 4.69) is 0 Å². The third-order valence-electron chi connectivity index (χ3n) is 3.28. The Labute approximate surface area is 106 Å². The van der Waals surface area contributed by atoms with Crippen LogP contribution in [0.4, 0.5) is 0 Å². The van der Waals surface area contributed by atoms with Crippen LogP contribution in [0.25, 0.3) is 10.8 Å². The number of carboxylic acids is 1. The SMILES string of the molecule is CCC(Cc1ccc2ccccc2c1O)C(=O)[O-]. The molecule has 0 radical (unpaired) electrons. The van der Waals surface area contributed by atoms with Crippen molar-refractivity contribution in [3.63, 3.8) is 0 Å². The zero-order valence-electron chi connectivity index (χ0n) is 10.2. The second-order valence-corrected chi connectivity index (χ2v) is 4.42. The molecule has 0 heterocycles. The van der Waals surface area contributed by atoms with E-state index in [1.165, 1.54) is 0 Å². The molecule has 0 saturated carbocycles. The van der Waals surface area contributed by atoms with Crippen LogP contribution >= 0.6 is 0 Å². The summed E-state index contributed by atoms with van der Waals surface area (Å²) in [7, 11) is 0. The third kappa shape index (κ3) is 2.30. The molecule has 18 heavy (non-hydrogen) atoms. The number of phenolic OH excluding ortho intramolecular Hbond substituents is 1. The number of aromatic hydroxyl groups is 1. The number of fused-ring (bicyclic) bond motifs is 1. The number of carbonyl (C=O) groups excluding carboxylic acids is 1. The second kappa shape index (κ2) is 5.08. The van der Waals surface area contributed by atoms with Crippen molar-refractivity contribution in [3.05, 3.63) is 42.0 Å². The molecule has 1 N–H and O–H groups in total. The van der Waals surface area contributed by atoms with Gasteiger partial charge in [0, 0.05) is 17.3 Å². The number of hydrogen-bond donors (Lipinski definition) is 1. The van der Waals surface area contributed by atoms with Crippen LogP contribution in [-0.4, -0.2) is 11.1 Å². The summed E-state index contributed by atoms with van der Waals surface area (Å²) in [6.07, 6.45) is 0.796. The molecule has 0 spiro atoms. The quantitative estimate of drug-likeness (QED) is 0.891. The highest BCUT2D eigenvalue weighted by molar-refractivity contribution is 5.89. The molecular formula is C15H15O3-. The maximum absolute atomic E-state index is 10.9. The van der Waals surface area contributed by atoms with Gasteiger partial charge in [-0.15, -0.1) is 0 Å². The number of benzene rings is 2. The van der Waals surface area contributed by atoms with Gasteiger partial charge in [-0.2, -0.15) is 0 Å². The highest BCUT2D eigenvalue weighted by Crippen LogP contribution is 2.30. The molecule has 1 atom stereocenters. The molecule has 0 bridgehead atoms. The first kappa shape index (κ1) is 12.4. The normalized spacial score (nSPS) is 12.5. The molecule has 0 saturated heterocycles. The van der Waals surface area contributed by atoms with Crippen molar-refractivity contribution in [2.75, 3.05) is 0 Å². The van der Waals surface area contributed by atoms with Gasteiger partial charge in [-0.05, 0) is 23.8 Å². The van der Waals surface area contributed by atoms with Crippen LogP contribution in [0.5, 0.6) is 5.75 Å². The van der Waals surface area contributed by atoms with Crippen LogP contribution in [0.15, 0.2) is 36.4 Å². The van der Waals surface area contributed by atoms with Crippen LogP contribution < -0.4 is 5.11 Å². The summed E-state index contributed by atoms with van der Waals surface area (Å²) in [5.41, 5.74) is 0.657. The predicted octanol–water partition coefficient (Wildman–Crippen LogP) is 1.86. The minimum Gasteiger partial charge on any atom is -0.550 e. The van der Waals surface area contributed by atoms with Gasteiger partial charge < -0.3 is 15.0 Å². The lowest BCUT2D eigenvalue weighted by atomic mass is 9.94. The smallest absolute Gasteiger partial charge is 0.126 e. The van der Waals surface area contributed by atoms with E-state index in [-0.39, 0.29) is 5.75 Å². The van der Waals surface area contributed by atoms with E-state index in [0.717, 1.165) is 10.8 Å². The van der Waals surface area contributed by atoms with E-state index in [1.807, 2.05) is 30.3 Å².